The maximum Gasteiger partial charge on any atom is 0.227 e. The number of carbonyl (C=O) groups is 1. The van der Waals surface area contributed by atoms with E-state index in [1.807, 2.05) is 17.0 Å². The van der Waals surface area contributed by atoms with Gasteiger partial charge in [-0.05, 0) is 11.6 Å². The predicted octanol–water partition coefficient (Wildman–Crippen LogP) is 0.824. The Morgan fingerprint density at radius 2 is 2.10 bits per heavy atom. The van der Waals surface area contributed by atoms with Gasteiger partial charge in [-0.25, -0.2) is 0 Å². The van der Waals surface area contributed by atoms with Gasteiger partial charge in [-0.2, -0.15) is 8.75 Å². The van der Waals surface area contributed by atoms with Gasteiger partial charge in [0.05, 0.1) is 24.3 Å². The number of carbonyl (C=O) groups excluding carboxylic acids is 1. The number of anilines is 1. The molecule has 104 valence electrons. The van der Waals surface area contributed by atoms with E-state index in [-0.39, 0.29) is 5.91 Å². The second-order valence-corrected chi connectivity index (χ2v) is 5.23. The van der Waals surface area contributed by atoms with Gasteiger partial charge in [0.1, 0.15) is 0 Å². The Labute approximate surface area is 121 Å². The molecule has 1 aliphatic heterocycles. The minimum Gasteiger partial charge on any atom is -0.351 e. The highest BCUT2D eigenvalue weighted by Gasteiger charge is 2.22. The fourth-order valence-electron chi connectivity index (χ4n) is 2.27. The lowest BCUT2D eigenvalue weighted by Crippen LogP contribution is -2.49. The highest BCUT2D eigenvalue weighted by molar-refractivity contribution is 6.99. The van der Waals surface area contributed by atoms with Gasteiger partial charge in [-0.15, -0.1) is 0 Å². The summed E-state index contributed by atoms with van der Waals surface area (Å²) in [6.07, 6.45) is 5.66. The molecule has 0 radical (unpaired) electrons. The van der Waals surface area contributed by atoms with Crippen molar-refractivity contribution >= 4 is 23.5 Å². The van der Waals surface area contributed by atoms with Gasteiger partial charge in [-0.3, -0.25) is 9.78 Å². The van der Waals surface area contributed by atoms with Crippen molar-refractivity contribution in [1.29, 1.82) is 0 Å². The van der Waals surface area contributed by atoms with Crippen molar-refractivity contribution in [3.8, 4) is 0 Å². The molecule has 0 spiro atoms. The number of aromatic nitrogens is 3. The standard InChI is InChI=1S/C13H15N5OS/c19-13(8-11-2-1-3-14-9-11)18-6-4-17(5-7-18)12-10-15-20-16-12/h1-3,9-10H,4-8H2. The Kier molecular flexibility index (Phi) is 3.87. The summed E-state index contributed by atoms with van der Waals surface area (Å²) in [4.78, 5) is 20.3. The van der Waals surface area contributed by atoms with Gasteiger partial charge in [-0.1, -0.05) is 6.07 Å². The van der Waals surface area contributed by atoms with Gasteiger partial charge >= 0.3 is 0 Å². The zero-order valence-corrected chi connectivity index (χ0v) is 11.8. The largest absolute Gasteiger partial charge is 0.351 e. The first kappa shape index (κ1) is 13.0. The summed E-state index contributed by atoms with van der Waals surface area (Å²) in [5.41, 5.74) is 0.962. The fourth-order valence-corrected chi connectivity index (χ4v) is 2.71. The molecule has 0 bridgehead atoms. The third-order valence-electron chi connectivity index (χ3n) is 3.38. The number of rotatable bonds is 3. The fraction of sp³-hybridized carbons (Fsp3) is 0.385. The minimum absolute atomic E-state index is 0.161. The number of hydrogen-bond acceptors (Lipinski definition) is 6. The van der Waals surface area contributed by atoms with Crippen molar-refractivity contribution in [3.05, 3.63) is 36.3 Å². The summed E-state index contributed by atoms with van der Waals surface area (Å²) in [5, 5.41) is 0. The predicted molar refractivity (Wildman–Crippen MR) is 76.6 cm³/mol. The van der Waals surface area contributed by atoms with Crippen LogP contribution in [-0.4, -0.2) is 50.7 Å². The van der Waals surface area contributed by atoms with E-state index in [9.17, 15) is 4.79 Å². The molecule has 1 saturated heterocycles. The monoisotopic (exact) mass is 289 g/mol. The molecule has 1 aliphatic rings. The van der Waals surface area contributed by atoms with Crippen LogP contribution in [-0.2, 0) is 11.2 Å². The van der Waals surface area contributed by atoms with Crippen molar-refractivity contribution in [2.75, 3.05) is 31.1 Å². The molecule has 1 amide bonds. The molecule has 3 rings (SSSR count). The van der Waals surface area contributed by atoms with Crippen LogP contribution >= 0.6 is 11.7 Å². The Hall–Kier alpha value is -2.02. The molecule has 1 fully saturated rings. The van der Waals surface area contributed by atoms with Gasteiger partial charge in [0, 0.05) is 38.6 Å². The number of nitrogens with zero attached hydrogens (tertiary/aromatic N) is 5. The molecule has 0 saturated carbocycles. The molecule has 0 atom stereocenters. The molecule has 0 aromatic carbocycles. The van der Waals surface area contributed by atoms with Crippen LogP contribution in [0.4, 0.5) is 5.82 Å². The minimum atomic E-state index is 0.161. The van der Waals surface area contributed by atoms with Gasteiger partial charge in [0.25, 0.3) is 0 Å². The summed E-state index contributed by atoms with van der Waals surface area (Å²) in [6.45, 7) is 3.08. The first-order valence-electron chi connectivity index (χ1n) is 6.52. The highest BCUT2D eigenvalue weighted by Crippen LogP contribution is 2.14. The zero-order chi connectivity index (χ0) is 13.8. The Morgan fingerprint density at radius 1 is 1.25 bits per heavy atom. The molecular weight excluding hydrogens is 274 g/mol. The van der Waals surface area contributed by atoms with E-state index in [4.69, 9.17) is 0 Å². The average molecular weight is 289 g/mol. The Bertz CT molecular complexity index is 551. The summed E-state index contributed by atoms with van der Waals surface area (Å²) >= 11 is 1.21. The van der Waals surface area contributed by atoms with Crippen molar-refractivity contribution in [3.63, 3.8) is 0 Å². The van der Waals surface area contributed by atoms with Gasteiger partial charge < -0.3 is 9.80 Å². The van der Waals surface area contributed by atoms with E-state index in [2.05, 4.69) is 18.6 Å². The molecule has 0 N–H and O–H groups in total. The number of piperazine rings is 1. The zero-order valence-electron chi connectivity index (χ0n) is 11.0. The van der Waals surface area contributed by atoms with Crippen LogP contribution in [0.2, 0.25) is 0 Å². The van der Waals surface area contributed by atoms with E-state index in [0.29, 0.717) is 6.42 Å². The lowest BCUT2D eigenvalue weighted by molar-refractivity contribution is -0.130. The van der Waals surface area contributed by atoms with E-state index in [1.165, 1.54) is 11.7 Å². The van der Waals surface area contributed by atoms with E-state index in [0.717, 1.165) is 37.6 Å². The number of amides is 1. The molecule has 3 heterocycles. The lowest BCUT2D eigenvalue weighted by Gasteiger charge is -2.34. The summed E-state index contributed by atoms with van der Waals surface area (Å²) < 4.78 is 8.23. The quantitative estimate of drug-likeness (QED) is 0.837. The van der Waals surface area contributed by atoms with E-state index < -0.39 is 0 Å². The molecule has 20 heavy (non-hydrogen) atoms. The smallest absolute Gasteiger partial charge is 0.227 e. The van der Waals surface area contributed by atoms with Crippen LogP contribution in [0.25, 0.3) is 0 Å². The summed E-state index contributed by atoms with van der Waals surface area (Å²) in [5.74, 6) is 1.07. The van der Waals surface area contributed by atoms with Crippen molar-refractivity contribution in [2.45, 2.75) is 6.42 Å². The molecule has 2 aromatic heterocycles. The number of hydrogen-bond donors (Lipinski definition) is 0. The molecule has 0 unspecified atom stereocenters. The molecule has 0 aliphatic carbocycles. The second kappa shape index (κ2) is 5.96. The third-order valence-corrected chi connectivity index (χ3v) is 3.85. The van der Waals surface area contributed by atoms with Crippen LogP contribution < -0.4 is 4.90 Å². The first-order valence-corrected chi connectivity index (χ1v) is 7.25. The van der Waals surface area contributed by atoms with E-state index in [1.54, 1.807) is 18.6 Å². The third kappa shape index (κ3) is 2.93. The van der Waals surface area contributed by atoms with Crippen LogP contribution in [0.1, 0.15) is 5.56 Å². The molecular formula is C13H15N5OS. The van der Waals surface area contributed by atoms with E-state index >= 15 is 0 Å². The average Bonchev–Trinajstić information content (AvgIpc) is 3.03. The van der Waals surface area contributed by atoms with Crippen LogP contribution in [0.5, 0.6) is 0 Å². The molecule has 7 heteroatoms. The van der Waals surface area contributed by atoms with Crippen molar-refractivity contribution in [2.24, 2.45) is 0 Å². The first-order chi connectivity index (χ1) is 9.83. The maximum absolute atomic E-state index is 12.2. The normalized spacial score (nSPS) is 15.4. The SMILES string of the molecule is O=C(Cc1cccnc1)N1CCN(c2cnsn2)CC1. The maximum atomic E-state index is 12.2. The summed E-state index contributed by atoms with van der Waals surface area (Å²) in [6, 6.07) is 3.79. The van der Waals surface area contributed by atoms with Crippen molar-refractivity contribution < 1.29 is 4.79 Å². The van der Waals surface area contributed by atoms with Gasteiger partial charge in [0.15, 0.2) is 5.82 Å². The van der Waals surface area contributed by atoms with Crippen LogP contribution in [0.3, 0.4) is 0 Å². The summed E-state index contributed by atoms with van der Waals surface area (Å²) in [7, 11) is 0. The Balaban J connectivity index is 1.54. The highest BCUT2D eigenvalue weighted by atomic mass is 32.1. The second-order valence-electron chi connectivity index (χ2n) is 4.67. The van der Waals surface area contributed by atoms with Crippen molar-refractivity contribution in [1.82, 2.24) is 18.6 Å². The van der Waals surface area contributed by atoms with Gasteiger partial charge in [0.2, 0.25) is 5.91 Å². The lowest BCUT2D eigenvalue weighted by atomic mass is 10.2. The topological polar surface area (TPSA) is 62.2 Å². The number of pyridine rings is 1. The Morgan fingerprint density at radius 3 is 2.75 bits per heavy atom. The molecule has 2 aromatic rings. The van der Waals surface area contributed by atoms with Crippen LogP contribution in [0, 0.1) is 0 Å². The van der Waals surface area contributed by atoms with Crippen LogP contribution in [0.15, 0.2) is 30.7 Å². The molecule has 6 nitrogen and oxygen atoms in total.